The van der Waals surface area contributed by atoms with Crippen LogP contribution in [0.2, 0.25) is 0 Å². The summed E-state index contributed by atoms with van der Waals surface area (Å²) in [5, 5.41) is 9.06. The number of hydrogen-bond donors (Lipinski definition) is 2. The molecule has 0 saturated heterocycles. The minimum absolute atomic E-state index is 0.232. The number of benzene rings is 1. The fourth-order valence-electron chi connectivity index (χ4n) is 1.96. The van der Waals surface area contributed by atoms with E-state index < -0.39 is 5.97 Å². The van der Waals surface area contributed by atoms with Gasteiger partial charge in [0.2, 0.25) is 0 Å². The highest BCUT2D eigenvalue weighted by Crippen LogP contribution is 2.30. The van der Waals surface area contributed by atoms with Crippen LogP contribution in [0.4, 0.5) is 0 Å². The summed E-state index contributed by atoms with van der Waals surface area (Å²) in [6.07, 6.45) is 1.88. The molecule has 0 fully saturated rings. The molecular formula is C14H9BrN2O2S2. The minimum Gasteiger partial charge on any atom is -0.478 e. The third kappa shape index (κ3) is 2.85. The van der Waals surface area contributed by atoms with Crippen molar-refractivity contribution in [2.45, 2.75) is 0 Å². The topological polar surface area (TPSA) is 58.0 Å². The van der Waals surface area contributed by atoms with Crippen molar-refractivity contribution in [2.75, 3.05) is 0 Å². The lowest BCUT2D eigenvalue weighted by Gasteiger charge is -2.03. The van der Waals surface area contributed by atoms with Crippen LogP contribution >= 0.6 is 39.5 Å². The van der Waals surface area contributed by atoms with Gasteiger partial charge in [0.25, 0.3) is 0 Å². The zero-order chi connectivity index (χ0) is 15.0. The molecule has 3 rings (SSSR count). The fraction of sp³-hybridized carbons (Fsp3) is 0. The predicted molar refractivity (Wildman–Crippen MR) is 88.9 cm³/mol. The van der Waals surface area contributed by atoms with Gasteiger partial charge in [-0.2, -0.15) is 0 Å². The molecule has 0 aliphatic heterocycles. The smallest absolute Gasteiger partial charge is 0.335 e. The number of carboxylic acids is 1. The van der Waals surface area contributed by atoms with Crippen molar-refractivity contribution in [3.8, 4) is 16.3 Å². The summed E-state index contributed by atoms with van der Waals surface area (Å²) in [5.41, 5.74) is 1.85. The molecule has 106 valence electrons. The van der Waals surface area contributed by atoms with Crippen LogP contribution in [0.1, 0.15) is 10.4 Å². The molecule has 3 aromatic rings. The Kier molecular flexibility index (Phi) is 3.79. The van der Waals surface area contributed by atoms with E-state index in [0.29, 0.717) is 4.77 Å². The maximum absolute atomic E-state index is 11.1. The van der Waals surface area contributed by atoms with Crippen molar-refractivity contribution in [1.29, 1.82) is 0 Å². The van der Waals surface area contributed by atoms with E-state index in [1.807, 2.05) is 24.4 Å². The number of nitrogens with zero attached hydrogens (tertiary/aromatic N) is 1. The molecule has 2 N–H and O–H groups in total. The standard InChI is InChI=1S/C14H9BrN2O2S2/c15-12-5-4-11(21-12)10-7-17(14(20)16-10)9-3-1-2-8(6-9)13(18)19/h1-7H,(H,16,20)(H,18,19). The van der Waals surface area contributed by atoms with Crippen molar-refractivity contribution in [3.05, 3.63) is 56.7 Å². The second-order valence-corrected chi connectivity index (χ2v) is 7.15. The van der Waals surface area contributed by atoms with Gasteiger partial charge in [0.1, 0.15) is 0 Å². The molecule has 7 heteroatoms. The monoisotopic (exact) mass is 380 g/mol. The third-order valence-electron chi connectivity index (χ3n) is 2.93. The summed E-state index contributed by atoms with van der Waals surface area (Å²) in [6, 6.07) is 10.6. The summed E-state index contributed by atoms with van der Waals surface area (Å²) in [6.45, 7) is 0. The van der Waals surface area contributed by atoms with Gasteiger partial charge in [-0.1, -0.05) is 6.07 Å². The van der Waals surface area contributed by atoms with Crippen LogP contribution < -0.4 is 0 Å². The van der Waals surface area contributed by atoms with Crippen molar-refractivity contribution in [3.63, 3.8) is 0 Å². The molecule has 1 aromatic carbocycles. The molecule has 0 aliphatic rings. The van der Waals surface area contributed by atoms with Crippen LogP contribution in [0, 0.1) is 4.77 Å². The number of halogens is 1. The average Bonchev–Trinajstić information content (AvgIpc) is 3.05. The first kappa shape index (κ1) is 14.2. The van der Waals surface area contributed by atoms with Crippen LogP contribution in [0.15, 0.2) is 46.4 Å². The SMILES string of the molecule is O=C(O)c1cccc(-n2cc(-c3ccc(Br)s3)[nH]c2=S)c1. The Bertz CT molecular complexity index is 879. The molecule has 0 unspecified atom stereocenters. The molecule has 21 heavy (non-hydrogen) atoms. The number of thiophene rings is 1. The van der Waals surface area contributed by atoms with Crippen molar-refractivity contribution < 1.29 is 9.90 Å². The van der Waals surface area contributed by atoms with Gasteiger partial charge in [-0.05, 0) is 58.5 Å². The number of carbonyl (C=O) groups is 1. The second kappa shape index (κ2) is 5.59. The van der Waals surface area contributed by atoms with Gasteiger partial charge in [0, 0.05) is 11.9 Å². The van der Waals surface area contributed by atoms with Crippen LogP contribution in [0.25, 0.3) is 16.3 Å². The highest BCUT2D eigenvalue weighted by atomic mass is 79.9. The minimum atomic E-state index is -0.957. The first-order chi connectivity index (χ1) is 10.0. The normalized spacial score (nSPS) is 10.7. The zero-order valence-corrected chi connectivity index (χ0v) is 13.8. The Morgan fingerprint density at radius 3 is 2.81 bits per heavy atom. The van der Waals surface area contributed by atoms with E-state index in [1.54, 1.807) is 34.1 Å². The third-order valence-corrected chi connectivity index (χ3v) is 4.88. The number of carboxylic acid groups (broad SMARTS) is 1. The Labute approximate surface area is 137 Å². The maximum atomic E-state index is 11.1. The molecule has 4 nitrogen and oxygen atoms in total. The van der Waals surface area contributed by atoms with Crippen molar-refractivity contribution >= 4 is 45.5 Å². The van der Waals surface area contributed by atoms with Crippen molar-refractivity contribution in [1.82, 2.24) is 9.55 Å². The van der Waals surface area contributed by atoms with Gasteiger partial charge in [0.05, 0.1) is 19.9 Å². The quantitative estimate of drug-likeness (QED) is 0.646. The van der Waals surface area contributed by atoms with E-state index in [1.165, 1.54) is 0 Å². The van der Waals surface area contributed by atoms with E-state index >= 15 is 0 Å². The van der Waals surface area contributed by atoms with Gasteiger partial charge < -0.3 is 10.1 Å². The lowest BCUT2D eigenvalue weighted by Crippen LogP contribution is -1.99. The molecule has 0 bridgehead atoms. The summed E-state index contributed by atoms with van der Waals surface area (Å²) < 4.78 is 3.33. The Hall–Kier alpha value is -1.70. The Balaban J connectivity index is 2.08. The molecule has 2 aromatic heterocycles. The lowest BCUT2D eigenvalue weighted by atomic mass is 10.2. The number of hydrogen-bond acceptors (Lipinski definition) is 3. The van der Waals surface area contributed by atoms with Gasteiger partial charge in [-0.3, -0.25) is 4.57 Å². The molecular weight excluding hydrogens is 372 g/mol. The summed E-state index contributed by atoms with van der Waals surface area (Å²) in [7, 11) is 0. The Morgan fingerprint density at radius 1 is 1.33 bits per heavy atom. The van der Waals surface area contributed by atoms with Crippen LogP contribution in [0.3, 0.4) is 0 Å². The number of aromatic nitrogens is 2. The summed E-state index contributed by atoms with van der Waals surface area (Å²) in [4.78, 5) is 15.3. The maximum Gasteiger partial charge on any atom is 0.335 e. The van der Waals surface area contributed by atoms with E-state index in [-0.39, 0.29) is 5.56 Å². The number of imidazole rings is 1. The van der Waals surface area contributed by atoms with Crippen molar-refractivity contribution in [2.24, 2.45) is 0 Å². The summed E-state index contributed by atoms with van der Waals surface area (Å²) in [5.74, 6) is -0.957. The Morgan fingerprint density at radius 2 is 2.14 bits per heavy atom. The van der Waals surface area contributed by atoms with Crippen LogP contribution in [-0.4, -0.2) is 20.6 Å². The molecule has 0 radical (unpaired) electrons. The fourth-order valence-corrected chi connectivity index (χ4v) is 3.58. The molecule has 0 aliphatic carbocycles. The highest BCUT2D eigenvalue weighted by molar-refractivity contribution is 9.11. The van der Waals surface area contributed by atoms with Gasteiger partial charge >= 0.3 is 5.97 Å². The van der Waals surface area contributed by atoms with E-state index in [2.05, 4.69) is 20.9 Å². The predicted octanol–water partition coefficient (Wildman–Crippen LogP) is 4.72. The molecule has 0 atom stereocenters. The molecule has 0 saturated carbocycles. The van der Waals surface area contributed by atoms with E-state index in [4.69, 9.17) is 17.3 Å². The van der Waals surface area contributed by atoms with Gasteiger partial charge in [-0.25, -0.2) is 4.79 Å². The lowest BCUT2D eigenvalue weighted by molar-refractivity contribution is 0.0697. The second-order valence-electron chi connectivity index (χ2n) is 4.30. The number of aromatic amines is 1. The largest absolute Gasteiger partial charge is 0.478 e. The number of aromatic carboxylic acids is 1. The van der Waals surface area contributed by atoms with E-state index in [0.717, 1.165) is 20.0 Å². The number of rotatable bonds is 3. The number of H-pyrrole nitrogens is 1. The molecule has 2 heterocycles. The summed E-state index contributed by atoms with van der Waals surface area (Å²) >= 11 is 10.4. The van der Waals surface area contributed by atoms with Crippen LogP contribution in [0.5, 0.6) is 0 Å². The molecule has 0 spiro atoms. The zero-order valence-electron chi connectivity index (χ0n) is 10.5. The highest BCUT2D eigenvalue weighted by Gasteiger charge is 2.09. The molecule has 0 amide bonds. The first-order valence-corrected chi connectivity index (χ1v) is 7.97. The van der Waals surface area contributed by atoms with Gasteiger partial charge in [0.15, 0.2) is 4.77 Å². The number of nitrogens with one attached hydrogen (secondary N) is 1. The van der Waals surface area contributed by atoms with Gasteiger partial charge in [-0.15, -0.1) is 11.3 Å². The van der Waals surface area contributed by atoms with E-state index in [9.17, 15) is 4.79 Å². The average molecular weight is 381 g/mol. The first-order valence-electron chi connectivity index (χ1n) is 5.96. The van der Waals surface area contributed by atoms with Crippen LogP contribution in [-0.2, 0) is 0 Å².